The summed E-state index contributed by atoms with van der Waals surface area (Å²) in [7, 11) is 0. The Labute approximate surface area is 138 Å². The lowest BCUT2D eigenvalue weighted by atomic mass is 10.1. The van der Waals surface area contributed by atoms with Crippen molar-refractivity contribution in [3.05, 3.63) is 29.8 Å². The van der Waals surface area contributed by atoms with Crippen molar-refractivity contribution < 1.29 is 19.4 Å². The molecule has 1 aromatic carbocycles. The van der Waals surface area contributed by atoms with Gasteiger partial charge in [-0.2, -0.15) is 0 Å². The molecule has 1 aliphatic heterocycles. The summed E-state index contributed by atoms with van der Waals surface area (Å²) in [6.07, 6.45) is 0.869. The maximum absolute atomic E-state index is 12.0. The molecule has 0 spiro atoms. The minimum Gasteiger partial charge on any atom is -0.490 e. The van der Waals surface area contributed by atoms with Gasteiger partial charge in [0.2, 0.25) is 0 Å². The van der Waals surface area contributed by atoms with Gasteiger partial charge in [0.15, 0.2) is 0 Å². The molecule has 0 aliphatic carbocycles. The Balaban J connectivity index is 1.85. The fraction of sp³-hybridized carbons (Fsp3) is 0.611. The number of likely N-dealkylation sites (tertiary alicyclic amines) is 1. The van der Waals surface area contributed by atoms with Crippen molar-refractivity contribution in [2.75, 3.05) is 13.1 Å². The molecular weight excluding hydrogens is 294 g/mol. The highest BCUT2D eigenvalue weighted by Gasteiger charge is 2.27. The monoisotopic (exact) mass is 321 g/mol. The van der Waals surface area contributed by atoms with E-state index >= 15 is 0 Å². The van der Waals surface area contributed by atoms with Crippen molar-refractivity contribution in [1.29, 1.82) is 0 Å². The van der Waals surface area contributed by atoms with Gasteiger partial charge in [-0.05, 0) is 45.4 Å². The number of hydrogen-bond donors (Lipinski definition) is 1. The molecule has 5 nitrogen and oxygen atoms in total. The van der Waals surface area contributed by atoms with Crippen molar-refractivity contribution in [3.63, 3.8) is 0 Å². The van der Waals surface area contributed by atoms with E-state index in [1.165, 1.54) is 0 Å². The molecule has 1 aromatic rings. The first-order valence-electron chi connectivity index (χ1n) is 8.17. The third-order valence-corrected chi connectivity index (χ3v) is 3.74. The van der Waals surface area contributed by atoms with Gasteiger partial charge in [-0.1, -0.05) is 12.1 Å². The zero-order valence-corrected chi connectivity index (χ0v) is 14.4. The maximum Gasteiger partial charge on any atom is 0.410 e. The summed E-state index contributed by atoms with van der Waals surface area (Å²) in [6.45, 7) is 8.62. The number of piperidine rings is 1. The molecule has 0 saturated carbocycles. The second-order valence-electron chi connectivity index (χ2n) is 7.03. The highest BCUT2D eigenvalue weighted by Crippen LogP contribution is 2.23. The van der Waals surface area contributed by atoms with E-state index in [0.717, 1.165) is 24.2 Å². The molecule has 2 rings (SSSR count). The van der Waals surface area contributed by atoms with Crippen molar-refractivity contribution in [3.8, 4) is 5.75 Å². The number of carbonyl (C=O) groups excluding carboxylic acids is 1. The van der Waals surface area contributed by atoms with Crippen LogP contribution in [0.4, 0.5) is 4.79 Å². The summed E-state index contributed by atoms with van der Waals surface area (Å²) < 4.78 is 11.4. The molecule has 1 heterocycles. The average molecular weight is 321 g/mol. The molecule has 23 heavy (non-hydrogen) atoms. The highest BCUT2D eigenvalue weighted by atomic mass is 16.6. The summed E-state index contributed by atoms with van der Waals surface area (Å²) in [5.74, 6) is 0.763. The number of benzene rings is 1. The van der Waals surface area contributed by atoms with Crippen LogP contribution in [0.1, 0.15) is 52.2 Å². The maximum atomic E-state index is 12.0. The highest BCUT2D eigenvalue weighted by molar-refractivity contribution is 5.68. The van der Waals surface area contributed by atoms with Crippen LogP contribution in [-0.4, -0.2) is 40.9 Å². The van der Waals surface area contributed by atoms with E-state index in [1.807, 2.05) is 45.0 Å². The number of amides is 1. The Morgan fingerprint density at radius 3 is 2.52 bits per heavy atom. The lowest BCUT2D eigenvalue weighted by molar-refractivity contribution is 0.0126. The van der Waals surface area contributed by atoms with E-state index in [0.29, 0.717) is 13.1 Å². The molecule has 1 N–H and O–H groups in total. The Morgan fingerprint density at radius 2 is 1.96 bits per heavy atom. The predicted octanol–water partition coefficient (Wildman–Crippen LogP) is 3.52. The van der Waals surface area contributed by atoms with E-state index in [1.54, 1.807) is 11.8 Å². The van der Waals surface area contributed by atoms with E-state index in [4.69, 9.17) is 9.47 Å². The number of ether oxygens (including phenoxy) is 2. The molecule has 1 fully saturated rings. The zero-order chi connectivity index (χ0) is 17.0. The lowest BCUT2D eigenvalue weighted by Gasteiger charge is -2.33. The van der Waals surface area contributed by atoms with Gasteiger partial charge in [0, 0.05) is 25.9 Å². The van der Waals surface area contributed by atoms with E-state index in [-0.39, 0.29) is 12.2 Å². The number of aliphatic hydroxyl groups is 1. The average Bonchev–Trinajstić information content (AvgIpc) is 2.46. The van der Waals surface area contributed by atoms with Gasteiger partial charge in [0.1, 0.15) is 17.5 Å². The van der Waals surface area contributed by atoms with Crippen LogP contribution in [0.3, 0.4) is 0 Å². The number of carbonyl (C=O) groups is 1. The Hall–Kier alpha value is -1.75. The van der Waals surface area contributed by atoms with Crippen molar-refractivity contribution in [1.82, 2.24) is 4.90 Å². The zero-order valence-electron chi connectivity index (χ0n) is 14.4. The van der Waals surface area contributed by atoms with Crippen LogP contribution in [0, 0.1) is 0 Å². The second-order valence-corrected chi connectivity index (χ2v) is 7.03. The van der Waals surface area contributed by atoms with Crippen LogP contribution < -0.4 is 4.74 Å². The first kappa shape index (κ1) is 17.6. The molecule has 5 heteroatoms. The molecule has 0 aromatic heterocycles. The normalized spacial score (nSPS) is 17.7. The summed E-state index contributed by atoms with van der Waals surface area (Å²) in [5, 5.41) is 9.63. The van der Waals surface area contributed by atoms with Gasteiger partial charge in [0.05, 0.1) is 6.10 Å². The molecule has 0 unspecified atom stereocenters. The smallest absolute Gasteiger partial charge is 0.410 e. The van der Waals surface area contributed by atoms with Gasteiger partial charge in [-0.25, -0.2) is 4.79 Å². The van der Waals surface area contributed by atoms with Crippen molar-refractivity contribution in [2.45, 2.75) is 58.3 Å². The first-order chi connectivity index (χ1) is 10.7. The largest absolute Gasteiger partial charge is 0.490 e. The fourth-order valence-electron chi connectivity index (χ4n) is 2.52. The van der Waals surface area contributed by atoms with Crippen LogP contribution in [0.25, 0.3) is 0 Å². The van der Waals surface area contributed by atoms with Crippen LogP contribution >= 0.6 is 0 Å². The molecule has 1 atom stereocenters. The van der Waals surface area contributed by atoms with Gasteiger partial charge in [-0.3, -0.25) is 0 Å². The molecule has 0 radical (unpaired) electrons. The third-order valence-electron chi connectivity index (χ3n) is 3.74. The molecule has 128 valence electrons. The summed E-state index contributed by atoms with van der Waals surface area (Å²) in [6, 6.07) is 7.52. The number of hydrogen-bond acceptors (Lipinski definition) is 4. The number of rotatable bonds is 3. The fourth-order valence-corrected chi connectivity index (χ4v) is 2.52. The summed E-state index contributed by atoms with van der Waals surface area (Å²) in [4.78, 5) is 13.8. The topological polar surface area (TPSA) is 59.0 Å². The van der Waals surface area contributed by atoms with E-state index < -0.39 is 11.7 Å². The van der Waals surface area contributed by atoms with Gasteiger partial charge >= 0.3 is 6.09 Å². The van der Waals surface area contributed by atoms with Gasteiger partial charge < -0.3 is 19.5 Å². The van der Waals surface area contributed by atoms with Crippen LogP contribution in [0.15, 0.2) is 24.3 Å². The Bertz CT molecular complexity index is 528. The minimum atomic E-state index is -0.507. The van der Waals surface area contributed by atoms with E-state index in [9.17, 15) is 9.90 Å². The predicted molar refractivity (Wildman–Crippen MR) is 88.5 cm³/mol. The van der Waals surface area contributed by atoms with Crippen molar-refractivity contribution in [2.24, 2.45) is 0 Å². The molecular formula is C18H27NO4. The van der Waals surface area contributed by atoms with Crippen molar-refractivity contribution >= 4 is 6.09 Å². The first-order valence-corrected chi connectivity index (χ1v) is 8.17. The summed E-state index contributed by atoms with van der Waals surface area (Å²) in [5.41, 5.74) is 0.375. The standard InChI is InChI=1S/C18H27NO4/c1-13(20)14-6-5-7-16(12-14)22-15-8-10-19(11-9-15)17(21)23-18(2,3)4/h5-7,12-13,15,20H,8-11H2,1-4H3/t13-/m1/s1. The minimum absolute atomic E-state index is 0.0814. The third kappa shape index (κ3) is 5.43. The SMILES string of the molecule is C[C@@H](O)c1cccc(OC2CCN(C(=O)OC(C)(C)C)CC2)c1. The van der Waals surface area contributed by atoms with Gasteiger partial charge in [-0.15, -0.1) is 0 Å². The van der Waals surface area contributed by atoms with Crippen LogP contribution in [-0.2, 0) is 4.74 Å². The number of aliphatic hydroxyl groups excluding tert-OH is 1. The Kier molecular flexibility index (Phi) is 5.52. The molecule has 1 saturated heterocycles. The molecule has 1 aliphatic rings. The van der Waals surface area contributed by atoms with Crippen LogP contribution in [0.5, 0.6) is 5.75 Å². The van der Waals surface area contributed by atoms with Gasteiger partial charge in [0.25, 0.3) is 0 Å². The quantitative estimate of drug-likeness (QED) is 0.925. The molecule has 0 bridgehead atoms. The van der Waals surface area contributed by atoms with Crippen LogP contribution in [0.2, 0.25) is 0 Å². The van der Waals surface area contributed by atoms with E-state index in [2.05, 4.69) is 0 Å². The molecule has 1 amide bonds. The number of nitrogens with zero attached hydrogens (tertiary/aromatic N) is 1. The second kappa shape index (κ2) is 7.21. The summed E-state index contributed by atoms with van der Waals surface area (Å²) >= 11 is 0. The Morgan fingerprint density at radius 1 is 1.30 bits per heavy atom. The lowest BCUT2D eigenvalue weighted by Crippen LogP contribution is -2.44.